The van der Waals surface area contributed by atoms with Gasteiger partial charge in [0.1, 0.15) is 17.5 Å². The Morgan fingerprint density at radius 2 is 2.00 bits per heavy atom. The van der Waals surface area contributed by atoms with Crippen LogP contribution in [-0.4, -0.2) is 18.6 Å². The molecule has 21 heavy (non-hydrogen) atoms. The molecule has 2 heterocycles. The molecule has 3 nitrogen and oxygen atoms in total. The van der Waals surface area contributed by atoms with Crippen LogP contribution in [0, 0.1) is 11.6 Å². The number of hydrogen-bond donors (Lipinski definition) is 1. The second-order valence-corrected chi connectivity index (χ2v) is 5.25. The molecule has 1 aromatic carbocycles. The average molecular weight is 289 g/mol. The van der Waals surface area contributed by atoms with Crippen LogP contribution in [0.3, 0.4) is 0 Å². The molecule has 1 unspecified atom stereocenters. The molecule has 1 aliphatic heterocycles. The first-order chi connectivity index (χ1) is 10.1. The average Bonchev–Trinajstić information content (AvgIpc) is 3.02. The van der Waals surface area contributed by atoms with Crippen LogP contribution < -0.4 is 10.2 Å². The Labute approximate surface area is 122 Å². The van der Waals surface area contributed by atoms with Gasteiger partial charge in [-0.15, -0.1) is 0 Å². The highest BCUT2D eigenvalue weighted by molar-refractivity contribution is 5.59. The van der Waals surface area contributed by atoms with Crippen LogP contribution in [0.1, 0.15) is 24.4 Å². The number of pyridine rings is 1. The van der Waals surface area contributed by atoms with Gasteiger partial charge in [-0.1, -0.05) is 0 Å². The van der Waals surface area contributed by atoms with E-state index >= 15 is 0 Å². The van der Waals surface area contributed by atoms with Crippen LogP contribution in [0.25, 0.3) is 0 Å². The number of benzene rings is 1. The first-order valence-corrected chi connectivity index (χ1v) is 7.03. The molecule has 0 aliphatic carbocycles. The van der Waals surface area contributed by atoms with Gasteiger partial charge in [0.2, 0.25) is 0 Å². The summed E-state index contributed by atoms with van der Waals surface area (Å²) < 4.78 is 27.0. The third kappa shape index (κ3) is 2.88. The quantitative estimate of drug-likeness (QED) is 0.936. The summed E-state index contributed by atoms with van der Waals surface area (Å²) in [5, 5.41) is 3.29. The van der Waals surface area contributed by atoms with Crippen molar-refractivity contribution in [2.24, 2.45) is 0 Å². The molecule has 1 N–H and O–H groups in total. The highest BCUT2D eigenvalue weighted by Gasteiger charge is 2.21. The number of nitrogens with zero attached hydrogens (tertiary/aromatic N) is 2. The fourth-order valence-corrected chi connectivity index (χ4v) is 2.64. The second kappa shape index (κ2) is 5.77. The maximum atomic E-state index is 14.0. The standard InChI is InChI=1S/C16H17F2N3/c1-21(12-6-4-11(17)5-7-12)16-9-13(14(18)10-20-16)15-3-2-8-19-15/h4-7,9-10,15,19H,2-3,8H2,1H3. The van der Waals surface area contributed by atoms with Crippen molar-refractivity contribution < 1.29 is 8.78 Å². The van der Waals surface area contributed by atoms with Crippen LogP contribution in [0.5, 0.6) is 0 Å². The van der Waals surface area contributed by atoms with Crippen LogP contribution >= 0.6 is 0 Å². The molecule has 110 valence electrons. The van der Waals surface area contributed by atoms with Crippen LogP contribution in [0.15, 0.2) is 36.5 Å². The number of hydrogen-bond acceptors (Lipinski definition) is 3. The number of rotatable bonds is 3. The number of anilines is 2. The molecule has 0 radical (unpaired) electrons. The van der Waals surface area contributed by atoms with Gasteiger partial charge in [0.05, 0.1) is 6.20 Å². The van der Waals surface area contributed by atoms with E-state index in [0.29, 0.717) is 11.4 Å². The predicted octanol–water partition coefficient (Wildman–Crippen LogP) is 3.55. The van der Waals surface area contributed by atoms with Gasteiger partial charge in [-0.05, 0) is 49.7 Å². The van der Waals surface area contributed by atoms with Gasteiger partial charge in [-0.3, -0.25) is 0 Å². The van der Waals surface area contributed by atoms with Gasteiger partial charge in [-0.2, -0.15) is 0 Å². The largest absolute Gasteiger partial charge is 0.329 e. The number of halogens is 2. The molecule has 0 spiro atoms. The lowest BCUT2D eigenvalue weighted by Gasteiger charge is -2.20. The van der Waals surface area contributed by atoms with Gasteiger partial charge in [-0.25, -0.2) is 13.8 Å². The van der Waals surface area contributed by atoms with Gasteiger partial charge in [0, 0.05) is 24.3 Å². The molecule has 0 saturated carbocycles. The van der Waals surface area contributed by atoms with Crippen molar-refractivity contribution in [3.63, 3.8) is 0 Å². The first kappa shape index (κ1) is 13.9. The zero-order chi connectivity index (χ0) is 14.8. The Bertz CT molecular complexity index is 622. The molecule has 0 amide bonds. The second-order valence-electron chi connectivity index (χ2n) is 5.25. The number of aromatic nitrogens is 1. The monoisotopic (exact) mass is 289 g/mol. The van der Waals surface area contributed by atoms with E-state index in [9.17, 15) is 8.78 Å². The Balaban J connectivity index is 1.91. The molecular formula is C16H17F2N3. The molecule has 3 rings (SSSR count). The van der Waals surface area contributed by atoms with E-state index in [2.05, 4.69) is 10.3 Å². The third-order valence-corrected chi connectivity index (χ3v) is 3.86. The van der Waals surface area contributed by atoms with E-state index in [1.54, 1.807) is 18.2 Å². The predicted molar refractivity (Wildman–Crippen MR) is 78.6 cm³/mol. The molecule has 0 bridgehead atoms. The fraction of sp³-hybridized carbons (Fsp3) is 0.312. The smallest absolute Gasteiger partial charge is 0.146 e. The molecule has 1 aliphatic rings. The summed E-state index contributed by atoms with van der Waals surface area (Å²) in [6.45, 7) is 0.912. The van der Waals surface area contributed by atoms with Gasteiger partial charge in [0.15, 0.2) is 0 Å². The molecule has 1 atom stereocenters. The molecular weight excluding hydrogens is 272 g/mol. The minimum Gasteiger partial charge on any atom is -0.329 e. The van der Waals surface area contributed by atoms with Gasteiger partial charge < -0.3 is 10.2 Å². The Morgan fingerprint density at radius 3 is 2.67 bits per heavy atom. The molecule has 1 aromatic heterocycles. The van der Waals surface area contributed by atoms with E-state index in [4.69, 9.17) is 0 Å². The zero-order valence-corrected chi connectivity index (χ0v) is 11.8. The van der Waals surface area contributed by atoms with Crippen molar-refractivity contribution in [1.82, 2.24) is 10.3 Å². The van der Waals surface area contributed by atoms with Crippen LogP contribution in [-0.2, 0) is 0 Å². The SMILES string of the molecule is CN(c1ccc(F)cc1)c1cc(C2CCCN2)c(F)cn1. The molecule has 1 fully saturated rings. The van der Waals surface area contributed by atoms with Crippen molar-refractivity contribution >= 4 is 11.5 Å². The van der Waals surface area contributed by atoms with E-state index < -0.39 is 0 Å². The van der Waals surface area contributed by atoms with Crippen LogP contribution in [0.2, 0.25) is 0 Å². The van der Waals surface area contributed by atoms with E-state index in [-0.39, 0.29) is 17.7 Å². The Hall–Kier alpha value is -2.01. The maximum Gasteiger partial charge on any atom is 0.146 e. The zero-order valence-electron chi connectivity index (χ0n) is 11.8. The summed E-state index contributed by atoms with van der Waals surface area (Å²) in [5.41, 5.74) is 1.45. The van der Waals surface area contributed by atoms with Crippen molar-refractivity contribution in [2.75, 3.05) is 18.5 Å². The van der Waals surface area contributed by atoms with Crippen LogP contribution in [0.4, 0.5) is 20.3 Å². The summed E-state index contributed by atoms with van der Waals surface area (Å²) >= 11 is 0. The lowest BCUT2D eigenvalue weighted by atomic mass is 10.1. The third-order valence-electron chi connectivity index (χ3n) is 3.86. The fourth-order valence-electron chi connectivity index (χ4n) is 2.64. The Morgan fingerprint density at radius 1 is 1.24 bits per heavy atom. The molecule has 5 heteroatoms. The molecule has 1 saturated heterocycles. The minimum absolute atomic E-state index is 0.0494. The van der Waals surface area contributed by atoms with Crippen molar-refractivity contribution in [1.29, 1.82) is 0 Å². The lowest BCUT2D eigenvalue weighted by Crippen LogP contribution is -2.17. The summed E-state index contributed by atoms with van der Waals surface area (Å²) in [5.74, 6) is 0.0763. The summed E-state index contributed by atoms with van der Waals surface area (Å²) in [6, 6.07) is 7.96. The van der Waals surface area contributed by atoms with E-state index in [1.807, 2.05) is 11.9 Å². The summed E-state index contributed by atoms with van der Waals surface area (Å²) in [6.07, 6.45) is 3.24. The Kier molecular flexibility index (Phi) is 3.84. The van der Waals surface area contributed by atoms with Gasteiger partial charge in [0.25, 0.3) is 0 Å². The minimum atomic E-state index is -0.286. The van der Waals surface area contributed by atoms with E-state index in [0.717, 1.165) is 25.1 Å². The first-order valence-electron chi connectivity index (χ1n) is 7.03. The van der Waals surface area contributed by atoms with Gasteiger partial charge >= 0.3 is 0 Å². The highest BCUT2D eigenvalue weighted by atomic mass is 19.1. The number of nitrogens with one attached hydrogen (secondary N) is 1. The van der Waals surface area contributed by atoms with E-state index in [1.165, 1.54) is 18.3 Å². The van der Waals surface area contributed by atoms with Crippen molar-refractivity contribution in [3.8, 4) is 0 Å². The normalized spacial score (nSPS) is 18.0. The highest BCUT2D eigenvalue weighted by Crippen LogP contribution is 2.29. The summed E-state index contributed by atoms with van der Waals surface area (Å²) in [4.78, 5) is 5.96. The lowest BCUT2D eigenvalue weighted by molar-refractivity contribution is 0.554. The maximum absolute atomic E-state index is 14.0. The summed E-state index contributed by atoms with van der Waals surface area (Å²) in [7, 11) is 1.83. The topological polar surface area (TPSA) is 28.2 Å². The van der Waals surface area contributed by atoms with Crippen molar-refractivity contribution in [3.05, 3.63) is 53.7 Å². The van der Waals surface area contributed by atoms with Crippen molar-refractivity contribution in [2.45, 2.75) is 18.9 Å². The molecule has 2 aromatic rings.